The first-order valence-electron chi connectivity index (χ1n) is 17.1. The molecule has 0 atom stereocenters. The van der Waals surface area contributed by atoms with Gasteiger partial charge >= 0.3 is 0 Å². The Hall–Kier alpha value is -6.64. The Morgan fingerprint density at radius 1 is 0.340 bits per heavy atom. The molecule has 50 heavy (non-hydrogen) atoms. The van der Waals surface area contributed by atoms with E-state index in [9.17, 15) is 0 Å². The fraction of sp³-hybridized carbons (Fsp3) is 0. The highest BCUT2D eigenvalue weighted by molar-refractivity contribution is 6.07. The van der Waals surface area contributed by atoms with Crippen molar-refractivity contribution in [1.29, 1.82) is 0 Å². The third-order valence-corrected chi connectivity index (χ3v) is 9.99. The van der Waals surface area contributed by atoms with Gasteiger partial charge in [0.1, 0.15) is 11.5 Å². The molecule has 234 valence electrons. The molecule has 0 aromatic heterocycles. The van der Waals surface area contributed by atoms with Crippen LogP contribution in [0, 0.1) is 0 Å². The van der Waals surface area contributed by atoms with Crippen molar-refractivity contribution in [2.24, 2.45) is 0 Å². The van der Waals surface area contributed by atoms with Crippen molar-refractivity contribution >= 4 is 49.4 Å². The highest BCUT2D eigenvalue weighted by atomic mass is 16.5. The smallest absolute Gasteiger partial charge is 0.135 e. The number of fused-ring (bicyclic) bond motifs is 4. The standard InChI is InChI=1S/C48H31NO/c1-3-21-40-32(12-1)14-9-24-41(40)35-17-8-20-39(30-35)49(45-25-10-15-33-13-2-4-22-42(33)45)38-19-7-16-34(29-38)37-28-36-18-11-27-47-48(36)44(31-37)43-23-5-6-26-46(43)50-47/h1-31H. The summed E-state index contributed by atoms with van der Waals surface area (Å²) in [6, 6.07) is 67.6. The summed E-state index contributed by atoms with van der Waals surface area (Å²) in [6.07, 6.45) is 0. The van der Waals surface area contributed by atoms with Crippen LogP contribution in [0.5, 0.6) is 11.5 Å². The molecular formula is C48H31NO. The molecule has 0 saturated carbocycles. The van der Waals surface area contributed by atoms with Crippen LogP contribution < -0.4 is 9.64 Å². The fourth-order valence-electron chi connectivity index (χ4n) is 7.70. The van der Waals surface area contributed by atoms with Crippen LogP contribution in [0.4, 0.5) is 17.1 Å². The lowest BCUT2D eigenvalue weighted by atomic mass is 9.90. The van der Waals surface area contributed by atoms with Crippen LogP contribution in [-0.4, -0.2) is 0 Å². The van der Waals surface area contributed by atoms with Gasteiger partial charge in [-0.1, -0.05) is 133 Å². The largest absolute Gasteiger partial charge is 0.456 e. The minimum atomic E-state index is 0.895. The van der Waals surface area contributed by atoms with Gasteiger partial charge < -0.3 is 9.64 Å². The summed E-state index contributed by atoms with van der Waals surface area (Å²) < 4.78 is 6.34. The highest BCUT2D eigenvalue weighted by Crippen LogP contribution is 2.48. The number of hydrogen-bond acceptors (Lipinski definition) is 2. The molecule has 0 fully saturated rings. The molecule has 10 rings (SSSR count). The Morgan fingerprint density at radius 3 is 1.78 bits per heavy atom. The number of ether oxygens (including phenoxy) is 1. The highest BCUT2D eigenvalue weighted by Gasteiger charge is 2.22. The van der Waals surface area contributed by atoms with E-state index in [-0.39, 0.29) is 0 Å². The summed E-state index contributed by atoms with van der Waals surface area (Å²) in [4.78, 5) is 2.41. The van der Waals surface area contributed by atoms with Gasteiger partial charge in [0.2, 0.25) is 0 Å². The zero-order valence-electron chi connectivity index (χ0n) is 27.3. The number of para-hydroxylation sites is 1. The molecule has 0 spiro atoms. The van der Waals surface area contributed by atoms with Gasteiger partial charge in [-0.25, -0.2) is 0 Å². The van der Waals surface area contributed by atoms with Gasteiger partial charge in [0.15, 0.2) is 0 Å². The van der Waals surface area contributed by atoms with Crippen molar-refractivity contribution in [3.05, 3.63) is 188 Å². The monoisotopic (exact) mass is 637 g/mol. The Balaban J connectivity index is 1.17. The molecule has 9 aromatic rings. The minimum absolute atomic E-state index is 0.895. The van der Waals surface area contributed by atoms with Crippen molar-refractivity contribution in [3.63, 3.8) is 0 Å². The molecule has 0 amide bonds. The molecule has 0 bridgehead atoms. The van der Waals surface area contributed by atoms with Crippen molar-refractivity contribution in [2.45, 2.75) is 0 Å². The second-order valence-electron chi connectivity index (χ2n) is 12.9. The van der Waals surface area contributed by atoms with E-state index in [2.05, 4.69) is 187 Å². The first kappa shape index (κ1) is 28.4. The molecule has 0 radical (unpaired) electrons. The Kier molecular flexibility index (Phi) is 6.53. The minimum Gasteiger partial charge on any atom is -0.456 e. The molecular weight excluding hydrogens is 607 g/mol. The maximum atomic E-state index is 6.34. The van der Waals surface area contributed by atoms with E-state index < -0.39 is 0 Å². The van der Waals surface area contributed by atoms with Gasteiger partial charge in [-0.15, -0.1) is 0 Å². The molecule has 0 unspecified atom stereocenters. The molecule has 0 N–H and O–H groups in total. The Morgan fingerprint density at radius 2 is 0.920 bits per heavy atom. The molecule has 1 aliphatic heterocycles. The van der Waals surface area contributed by atoms with Crippen molar-refractivity contribution in [1.82, 2.24) is 0 Å². The molecule has 0 saturated heterocycles. The third kappa shape index (κ3) is 4.65. The van der Waals surface area contributed by atoms with E-state index in [1.54, 1.807) is 0 Å². The lowest BCUT2D eigenvalue weighted by molar-refractivity contribution is 0.487. The van der Waals surface area contributed by atoms with Crippen LogP contribution in [-0.2, 0) is 0 Å². The second kappa shape index (κ2) is 11.5. The Bertz CT molecular complexity index is 2750. The van der Waals surface area contributed by atoms with Crippen LogP contribution in [0.25, 0.3) is 65.7 Å². The van der Waals surface area contributed by atoms with Crippen LogP contribution in [0.2, 0.25) is 0 Å². The predicted molar refractivity (Wildman–Crippen MR) is 210 cm³/mol. The lowest BCUT2D eigenvalue weighted by Crippen LogP contribution is -2.10. The average molecular weight is 638 g/mol. The van der Waals surface area contributed by atoms with Gasteiger partial charge in [0.05, 0.1) is 5.69 Å². The fourth-order valence-corrected chi connectivity index (χ4v) is 7.70. The number of hydrogen-bond donors (Lipinski definition) is 0. The summed E-state index contributed by atoms with van der Waals surface area (Å²) in [6.45, 7) is 0. The molecule has 1 aliphatic rings. The first-order valence-corrected chi connectivity index (χ1v) is 17.1. The average Bonchev–Trinajstić information content (AvgIpc) is 3.18. The number of anilines is 3. The van der Waals surface area contributed by atoms with Gasteiger partial charge in [0.25, 0.3) is 0 Å². The second-order valence-corrected chi connectivity index (χ2v) is 12.9. The van der Waals surface area contributed by atoms with Crippen LogP contribution in [0.1, 0.15) is 0 Å². The van der Waals surface area contributed by atoms with Crippen LogP contribution >= 0.6 is 0 Å². The van der Waals surface area contributed by atoms with Crippen LogP contribution in [0.3, 0.4) is 0 Å². The summed E-state index contributed by atoms with van der Waals surface area (Å²) in [5.74, 6) is 1.80. The molecule has 2 nitrogen and oxygen atoms in total. The van der Waals surface area contributed by atoms with Crippen molar-refractivity contribution < 1.29 is 4.74 Å². The zero-order valence-corrected chi connectivity index (χ0v) is 27.3. The quantitative estimate of drug-likeness (QED) is 0.186. The SMILES string of the molecule is c1cc(-c2cc3c4c(cccc4c2)Oc2ccccc2-3)cc(N(c2cccc(-c3cccc4ccccc34)c2)c2cccc3ccccc23)c1. The zero-order chi connectivity index (χ0) is 33.0. The predicted octanol–water partition coefficient (Wildman–Crippen LogP) is 13.7. The molecule has 1 heterocycles. The summed E-state index contributed by atoms with van der Waals surface area (Å²) in [7, 11) is 0. The van der Waals surface area contributed by atoms with Crippen molar-refractivity contribution in [3.8, 4) is 44.9 Å². The number of rotatable bonds is 5. The maximum Gasteiger partial charge on any atom is 0.135 e. The Labute approximate surface area is 291 Å². The van der Waals surface area contributed by atoms with Gasteiger partial charge in [0, 0.05) is 27.7 Å². The van der Waals surface area contributed by atoms with E-state index in [1.807, 2.05) is 6.07 Å². The molecule has 9 aromatic carbocycles. The van der Waals surface area contributed by atoms with E-state index in [1.165, 1.54) is 49.2 Å². The van der Waals surface area contributed by atoms with E-state index in [0.717, 1.165) is 45.1 Å². The lowest BCUT2D eigenvalue weighted by Gasteiger charge is -2.28. The van der Waals surface area contributed by atoms with Crippen molar-refractivity contribution in [2.75, 3.05) is 4.90 Å². The number of benzene rings is 9. The maximum absolute atomic E-state index is 6.34. The third-order valence-electron chi connectivity index (χ3n) is 9.99. The molecule has 0 aliphatic carbocycles. The number of nitrogens with zero attached hydrogens (tertiary/aromatic N) is 1. The van der Waals surface area contributed by atoms with E-state index in [0.29, 0.717) is 0 Å². The summed E-state index contributed by atoms with van der Waals surface area (Å²) in [5.41, 5.74) is 10.4. The first-order chi connectivity index (χ1) is 24.8. The van der Waals surface area contributed by atoms with E-state index in [4.69, 9.17) is 4.74 Å². The van der Waals surface area contributed by atoms with Crippen LogP contribution in [0.15, 0.2) is 188 Å². The van der Waals surface area contributed by atoms with E-state index >= 15 is 0 Å². The van der Waals surface area contributed by atoms with Gasteiger partial charge in [-0.05, 0) is 104 Å². The van der Waals surface area contributed by atoms with Gasteiger partial charge in [-0.2, -0.15) is 0 Å². The summed E-state index contributed by atoms with van der Waals surface area (Å²) in [5, 5.41) is 7.24. The summed E-state index contributed by atoms with van der Waals surface area (Å²) >= 11 is 0. The topological polar surface area (TPSA) is 12.5 Å². The van der Waals surface area contributed by atoms with Gasteiger partial charge in [-0.3, -0.25) is 0 Å². The molecule has 2 heteroatoms. The normalized spacial score (nSPS) is 11.8.